The molecule has 0 spiro atoms. The highest BCUT2D eigenvalue weighted by molar-refractivity contribution is 7.98. The van der Waals surface area contributed by atoms with E-state index >= 15 is 19.2 Å². The molecule has 0 unspecified atom stereocenters. The second-order valence-electron chi connectivity index (χ2n) is 25.0. The molecule has 100 heavy (non-hydrogen) atoms. The first-order valence-electron chi connectivity index (χ1n) is 32.9. The first-order valence-corrected chi connectivity index (χ1v) is 35.2. The number of amides is 9. The molecule has 0 radical (unpaired) electrons. The molecule has 2 bridgehead atoms. The van der Waals surface area contributed by atoms with E-state index in [-0.39, 0.29) is 68.3 Å². The Morgan fingerprint density at radius 1 is 0.670 bits per heavy atom. The molecule has 528 valence electrons. The van der Waals surface area contributed by atoms with Gasteiger partial charge in [0.25, 0.3) is 0 Å². The van der Waals surface area contributed by atoms with E-state index in [1.807, 2.05) is 18.2 Å². The fraction of sp³-hybridized carbons (Fsp3) is 0.400. The number of benzene rings is 4. The van der Waals surface area contributed by atoms with Gasteiger partial charge >= 0.3 is 5.97 Å². The largest absolute Gasteiger partial charge is 0.481 e. The monoisotopic (exact) mass is 1410 g/mol. The Morgan fingerprint density at radius 3 is 1.83 bits per heavy atom. The Balaban J connectivity index is 1.06. The van der Waals surface area contributed by atoms with Gasteiger partial charge in [-0.25, -0.2) is 13.8 Å². The van der Waals surface area contributed by atoms with Crippen molar-refractivity contribution in [1.82, 2.24) is 67.4 Å². The number of aromatic amines is 3. The molecule has 0 saturated carbocycles. The van der Waals surface area contributed by atoms with Crippen LogP contribution in [0.3, 0.4) is 0 Å². The van der Waals surface area contributed by atoms with Crippen LogP contribution in [-0.2, 0) is 85.1 Å². The number of carbonyl (C=O) groups is 10. The first-order chi connectivity index (χ1) is 48.1. The van der Waals surface area contributed by atoms with Crippen molar-refractivity contribution in [1.29, 1.82) is 5.26 Å². The van der Waals surface area contributed by atoms with Gasteiger partial charge in [0, 0.05) is 109 Å². The van der Waals surface area contributed by atoms with Gasteiger partial charge in [0.1, 0.15) is 59.5 Å². The molecular formula is C70H81F2N15O11S2. The topological polar surface area (TPSA) is 400 Å². The number of aliphatic carboxylic acids is 1. The molecule has 4 aromatic carbocycles. The second-order valence-corrected chi connectivity index (χ2v) is 27.2. The molecule has 8 atom stereocenters. The number of imidazole rings is 1. The Morgan fingerprint density at radius 2 is 1.24 bits per heavy atom. The van der Waals surface area contributed by atoms with Gasteiger partial charge in [0.15, 0.2) is 0 Å². The van der Waals surface area contributed by atoms with Crippen molar-refractivity contribution in [2.24, 2.45) is 5.73 Å². The molecular weight excluding hydrogens is 1330 g/mol. The molecule has 7 aromatic rings. The summed E-state index contributed by atoms with van der Waals surface area (Å²) in [6.07, 6.45) is 5.11. The maximum atomic E-state index is 15.2. The summed E-state index contributed by atoms with van der Waals surface area (Å²) in [7, 11) is 0. The summed E-state index contributed by atoms with van der Waals surface area (Å²) >= 11 is 3.11. The van der Waals surface area contributed by atoms with Crippen molar-refractivity contribution in [3.05, 3.63) is 161 Å². The average Bonchev–Trinajstić information content (AvgIpc) is 1.60. The number of thioether (sulfide) groups is 2. The number of halogens is 2. The fourth-order valence-corrected chi connectivity index (χ4v) is 13.9. The maximum Gasteiger partial charge on any atom is 0.305 e. The molecule has 1 fully saturated rings. The van der Waals surface area contributed by atoms with Crippen LogP contribution in [-0.4, -0.2) is 168 Å². The molecule has 9 rings (SSSR count). The molecule has 0 aliphatic carbocycles. The van der Waals surface area contributed by atoms with E-state index in [2.05, 4.69) is 74.6 Å². The van der Waals surface area contributed by atoms with Gasteiger partial charge < -0.3 is 73.2 Å². The third-order valence-electron chi connectivity index (χ3n) is 17.6. The predicted octanol–water partition coefficient (Wildman–Crippen LogP) is 3.88. The van der Waals surface area contributed by atoms with Gasteiger partial charge in [0.05, 0.1) is 30.1 Å². The van der Waals surface area contributed by atoms with E-state index < -0.39 is 131 Å². The van der Waals surface area contributed by atoms with E-state index in [1.54, 1.807) is 30.8 Å². The van der Waals surface area contributed by atoms with Gasteiger partial charge in [0.2, 0.25) is 53.2 Å². The van der Waals surface area contributed by atoms with Crippen molar-refractivity contribution in [2.45, 2.75) is 144 Å². The zero-order chi connectivity index (χ0) is 71.5. The van der Waals surface area contributed by atoms with E-state index in [0.717, 1.165) is 11.1 Å². The first kappa shape index (κ1) is 74.1. The Bertz CT molecular complexity index is 4150. The molecule has 1 saturated heterocycles. The van der Waals surface area contributed by atoms with Crippen LogP contribution in [0.1, 0.15) is 97.9 Å². The van der Waals surface area contributed by atoms with Gasteiger partial charge in [-0.1, -0.05) is 36.4 Å². The smallest absolute Gasteiger partial charge is 0.305 e. The van der Waals surface area contributed by atoms with E-state index in [4.69, 9.17) is 5.73 Å². The molecule has 30 heteroatoms. The summed E-state index contributed by atoms with van der Waals surface area (Å²) in [5, 5.41) is 42.1. The fourth-order valence-electron chi connectivity index (χ4n) is 12.2. The zero-order valence-electron chi connectivity index (χ0n) is 55.2. The van der Waals surface area contributed by atoms with Crippen molar-refractivity contribution in [3.63, 3.8) is 0 Å². The molecule has 2 aliphatic heterocycles. The zero-order valence-corrected chi connectivity index (χ0v) is 56.8. The van der Waals surface area contributed by atoms with Crippen molar-refractivity contribution >= 4 is 104 Å². The summed E-state index contributed by atoms with van der Waals surface area (Å²) in [4.78, 5) is 159. The number of nitrogens with zero attached hydrogens (tertiary/aromatic N) is 3. The number of carboxylic acid groups (broad SMARTS) is 1. The highest BCUT2D eigenvalue weighted by atomic mass is 32.2. The quantitative estimate of drug-likeness (QED) is 0.0687. The van der Waals surface area contributed by atoms with Crippen LogP contribution >= 0.6 is 23.5 Å². The maximum absolute atomic E-state index is 15.2. The predicted molar refractivity (Wildman–Crippen MR) is 371 cm³/mol. The number of carbonyl (C=O) groups excluding carboxylic acids is 9. The second kappa shape index (κ2) is 35.1. The third kappa shape index (κ3) is 20.1. The lowest BCUT2D eigenvalue weighted by molar-refractivity contribution is -0.146. The Hall–Kier alpha value is -10.1. The van der Waals surface area contributed by atoms with Crippen LogP contribution in [0.15, 0.2) is 110 Å². The Labute approximate surface area is 583 Å². The summed E-state index contributed by atoms with van der Waals surface area (Å²) in [5.74, 6) is -8.28. The number of nitrogens with two attached hydrogens (primary N) is 1. The minimum atomic E-state index is -2.02. The van der Waals surface area contributed by atoms with Crippen LogP contribution in [0.2, 0.25) is 0 Å². The number of hydrogen-bond acceptors (Lipinski definition) is 15. The summed E-state index contributed by atoms with van der Waals surface area (Å²) in [6, 6.07) is 13.0. The van der Waals surface area contributed by atoms with E-state index in [1.165, 1.54) is 97.0 Å². The lowest BCUT2D eigenvalue weighted by Crippen LogP contribution is -2.62. The number of nitriles is 1. The molecule has 2 aliphatic rings. The lowest BCUT2D eigenvalue weighted by atomic mass is 9.95. The minimum Gasteiger partial charge on any atom is -0.481 e. The van der Waals surface area contributed by atoms with E-state index in [0.29, 0.717) is 81.9 Å². The van der Waals surface area contributed by atoms with Crippen LogP contribution in [0.5, 0.6) is 0 Å². The summed E-state index contributed by atoms with van der Waals surface area (Å²) in [5.41, 5.74) is 8.98. The molecule has 3 aromatic heterocycles. The normalized spacial score (nSPS) is 22.8. The van der Waals surface area contributed by atoms with E-state index in [9.17, 15) is 47.9 Å². The number of H-pyrrole nitrogens is 3. The number of carboxylic acids is 1. The van der Waals surface area contributed by atoms with Crippen LogP contribution < -0.4 is 48.3 Å². The standard InChI is InChI=1S/C70H81F2N15O11S2/c1-40-62(91)82-55(27-45-34-77-52-16-14-47(71)29-50(45)52)64(93)83-56(28-46-35-78-53-17-15-48(72)30-51(46)53)65(94)85-58(32-61(89)90)67(96)84-57(31-49-36-75-39-79-49)66(95)86-59(26-41-10-12-42(33-74)13-11-41)68(97)87-22-6-19-70(87,2)69(98)76-21-24-100-38-44-8-5-7-43(25-44)37-99-23-18-60(88)81-54(63(92)80-40)9-3-4-20-73/h5,7-8,10-17,25,29-30,34-36,39-40,54-59,77-78H,3-4,6,9,18-24,26-28,31-32,37-38,73H2,1-2H3,(H,75,79)(H,76,98)(H,80,92)(H,81,88)(H,82,91)(H,83,93)(H,84,96)(H,85,94)(H,86,95)(H,89,90)/t40-,54+,55+,56+,57+,58+,59+,70+/m1/s1. The average molecular weight is 1410 g/mol. The van der Waals surface area contributed by atoms with Gasteiger partial charge in [-0.2, -0.15) is 28.8 Å². The molecule has 26 nitrogen and oxygen atoms in total. The number of nitrogens with one attached hydrogen (secondary N) is 11. The van der Waals surface area contributed by atoms with Gasteiger partial charge in [-0.3, -0.25) is 47.9 Å². The lowest BCUT2D eigenvalue weighted by Gasteiger charge is -2.36. The van der Waals surface area contributed by atoms with Crippen LogP contribution in [0, 0.1) is 23.0 Å². The molecule has 5 heterocycles. The highest BCUT2D eigenvalue weighted by Crippen LogP contribution is 2.31. The van der Waals surface area contributed by atoms with Crippen LogP contribution in [0.25, 0.3) is 21.8 Å². The van der Waals surface area contributed by atoms with Crippen molar-refractivity contribution in [3.8, 4) is 6.07 Å². The summed E-state index contributed by atoms with van der Waals surface area (Å²) in [6.45, 7) is 3.70. The number of aromatic nitrogens is 4. The number of fused-ring (bicyclic) bond motifs is 5. The third-order valence-corrected chi connectivity index (χ3v) is 19.7. The van der Waals surface area contributed by atoms with Gasteiger partial charge in [-0.15, -0.1) is 0 Å². The molecule has 9 amide bonds. The van der Waals surface area contributed by atoms with Gasteiger partial charge in [-0.05, 0) is 129 Å². The van der Waals surface area contributed by atoms with Crippen LogP contribution in [0.4, 0.5) is 8.78 Å². The number of rotatable bonds is 14. The van der Waals surface area contributed by atoms with Crippen molar-refractivity contribution < 1.29 is 61.8 Å². The minimum absolute atomic E-state index is 0.0502. The number of hydrogen-bond donors (Lipinski definition) is 13. The highest BCUT2D eigenvalue weighted by Gasteiger charge is 2.48. The Kier molecular flexibility index (Phi) is 26.0. The number of unbranched alkanes of at least 4 members (excludes halogenated alkanes) is 1. The summed E-state index contributed by atoms with van der Waals surface area (Å²) < 4.78 is 29.9. The SMILES string of the molecule is C[C@H]1NC(=O)[C@H](CCCCN)NC(=O)CCSCc2cccc(c2)CSCCNC(=O)[C@]2(C)CCCN2C(=O)[C@H](Cc2ccc(C#N)cc2)NC(=O)[C@H](Cc2c[nH]cn2)NC(=O)[C@H](CC(=O)O)NC(=O)[C@H](Cc2c[nH]c3ccc(F)cc23)NC(=O)[C@H](Cc2c[nH]c3ccc(F)cc23)NC1=O. The van der Waals surface area contributed by atoms with Crippen molar-refractivity contribution in [2.75, 3.05) is 31.1 Å². The molecule has 14 N–H and O–H groups in total.